The quantitative estimate of drug-likeness (QED) is 0.162. The maximum Gasteiger partial charge on any atom is 0.336 e. The van der Waals surface area contributed by atoms with E-state index in [1.54, 1.807) is 6.92 Å². The molecular formula is C19H22O6. The maximum atomic E-state index is 11.8. The van der Waals surface area contributed by atoms with Crippen molar-refractivity contribution in [2.45, 2.75) is 26.7 Å². The third-order valence-electron chi connectivity index (χ3n) is 2.90. The standard InChI is InChI=1S/C19H22O6/c1-3-5-6-7-12-24-18(21)10-11-19(22)25-16-9-8-15(14-20)13-17(16)23-4-2/h5-6,8-11,13-14H,3-4,7,12H2,1-2H3/b6-5-,11-10+. The van der Waals surface area contributed by atoms with Gasteiger partial charge >= 0.3 is 11.9 Å². The molecule has 0 aromatic heterocycles. The highest BCUT2D eigenvalue weighted by Gasteiger charge is 2.10. The molecular weight excluding hydrogens is 324 g/mol. The molecule has 1 aromatic rings. The predicted molar refractivity (Wildman–Crippen MR) is 92.8 cm³/mol. The average molecular weight is 346 g/mol. The molecule has 0 radical (unpaired) electrons. The largest absolute Gasteiger partial charge is 0.490 e. The summed E-state index contributed by atoms with van der Waals surface area (Å²) < 4.78 is 15.4. The highest BCUT2D eigenvalue weighted by Crippen LogP contribution is 2.28. The van der Waals surface area contributed by atoms with Crippen LogP contribution < -0.4 is 9.47 Å². The van der Waals surface area contributed by atoms with Crippen LogP contribution in [-0.2, 0) is 14.3 Å². The van der Waals surface area contributed by atoms with Gasteiger partial charge in [0.25, 0.3) is 0 Å². The smallest absolute Gasteiger partial charge is 0.336 e. The van der Waals surface area contributed by atoms with Crippen LogP contribution in [0.25, 0.3) is 0 Å². The molecule has 0 fully saturated rings. The fraction of sp³-hybridized carbons (Fsp3) is 0.316. The van der Waals surface area contributed by atoms with Gasteiger partial charge in [0.05, 0.1) is 13.2 Å². The van der Waals surface area contributed by atoms with Crippen molar-refractivity contribution in [2.24, 2.45) is 0 Å². The molecule has 134 valence electrons. The minimum Gasteiger partial charge on any atom is -0.490 e. The Hall–Kier alpha value is -2.89. The molecule has 0 bridgehead atoms. The summed E-state index contributed by atoms with van der Waals surface area (Å²) in [5, 5.41) is 0. The van der Waals surface area contributed by atoms with Gasteiger partial charge in [-0.05, 0) is 38.0 Å². The average Bonchev–Trinajstić information content (AvgIpc) is 2.61. The van der Waals surface area contributed by atoms with Crippen molar-refractivity contribution >= 4 is 18.2 Å². The molecule has 0 heterocycles. The first-order valence-corrected chi connectivity index (χ1v) is 8.04. The number of benzene rings is 1. The van der Waals surface area contributed by atoms with E-state index in [4.69, 9.17) is 14.2 Å². The zero-order valence-electron chi connectivity index (χ0n) is 14.4. The number of carbonyl (C=O) groups excluding carboxylic acids is 3. The fourth-order valence-electron chi connectivity index (χ4n) is 1.79. The number of hydrogen-bond donors (Lipinski definition) is 0. The molecule has 0 N–H and O–H groups in total. The molecule has 0 unspecified atom stereocenters. The molecule has 25 heavy (non-hydrogen) atoms. The Morgan fingerprint density at radius 3 is 2.48 bits per heavy atom. The summed E-state index contributed by atoms with van der Waals surface area (Å²) in [5.41, 5.74) is 0.402. The highest BCUT2D eigenvalue weighted by molar-refractivity contribution is 5.92. The lowest BCUT2D eigenvalue weighted by Gasteiger charge is -2.09. The molecule has 1 rings (SSSR count). The summed E-state index contributed by atoms with van der Waals surface area (Å²) in [6.07, 6.45) is 8.10. The van der Waals surface area contributed by atoms with Gasteiger partial charge in [-0.2, -0.15) is 0 Å². The van der Waals surface area contributed by atoms with Crippen LogP contribution >= 0.6 is 0 Å². The summed E-state index contributed by atoms with van der Waals surface area (Å²) in [7, 11) is 0. The third kappa shape index (κ3) is 7.97. The topological polar surface area (TPSA) is 78.9 Å². The number of aldehydes is 1. The Bertz CT molecular complexity index is 645. The van der Waals surface area contributed by atoms with Crippen LogP contribution in [0.4, 0.5) is 0 Å². The van der Waals surface area contributed by atoms with Crippen molar-refractivity contribution in [3.8, 4) is 11.5 Å². The van der Waals surface area contributed by atoms with E-state index < -0.39 is 11.9 Å². The molecule has 0 amide bonds. The van der Waals surface area contributed by atoms with Gasteiger partial charge in [0.2, 0.25) is 0 Å². The second-order valence-electron chi connectivity index (χ2n) is 4.85. The van der Waals surface area contributed by atoms with Gasteiger partial charge in [-0.25, -0.2) is 9.59 Å². The summed E-state index contributed by atoms with van der Waals surface area (Å²) in [6.45, 7) is 4.38. The Balaban J connectivity index is 2.56. The number of allylic oxidation sites excluding steroid dienone is 1. The van der Waals surface area contributed by atoms with Gasteiger partial charge in [0, 0.05) is 17.7 Å². The van der Waals surface area contributed by atoms with Crippen LogP contribution in [0.15, 0.2) is 42.5 Å². The maximum absolute atomic E-state index is 11.8. The van der Waals surface area contributed by atoms with Crippen molar-refractivity contribution in [1.82, 2.24) is 0 Å². The summed E-state index contributed by atoms with van der Waals surface area (Å²) in [4.78, 5) is 34.1. The molecule has 0 saturated heterocycles. The minimum absolute atomic E-state index is 0.167. The first kappa shape index (κ1) is 20.2. The zero-order valence-corrected chi connectivity index (χ0v) is 14.4. The van der Waals surface area contributed by atoms with Crippen LogP contribution in [0.2, 0.25) is 0 Å². The van der Waals surface area contributed by atoms with Crippen molar-refractivity contribution in [1.29, 1.82) is 0 Å². The number of hydrogen-bond acceptors (Lipinski definition) is 6. The lowest BCUT2D eigenvalue weighted by molar-refractivity contribution is -0.138. The Morgan fingerprint density at radius 1 is 1.04 bits per heavy atom. The summed E-state index contributed by atoms with van der Waals surface area (Å²) in [5.74, 6) is -0.926. The number of carbonyl (C=O) groups is 3. The van der Waals surface area contributed by atoms with Crippen molar-refractivity contribution < 1.29 is 28.6 Å². The second kappa shape index (κ2) is 11.6. The van der Waals surface area contributed by atoms with Gasteiger partial charge < -0.3 is 14.2 Å². The van der Waals surface area contributed by atoms with Crippen LogP contribution in [0.1, 0.15) is 37.0 Å². The Kier molecular flexibility index (Phi) is 9.36. The molecule has 0 aliphatic carbocycles. The SMILES string of the molecule is CC/C=C\CCOC(=O)/C=C/C(=O)Oc1ccc(C=O)cc1OCC. The first-order valence-electron chi connectivity index (χ1n) is 8.04. The fourth-order valence-corrected chi connectivity index (χ4v) is 1.79. The van der Waals surface area contributed by atoms with Crippen LogP contribution in [0.3, 0.4) is 0 Å². The van der Waals surface area contributed by atoms with E-state index in [1.165, 1.54) is 18.2 Å². The highest BCUT2D eigenvalue weighted by atomic mass is 16.6. The predicted octanol–water partition coefficient (Wildman–Crippen LogP) is 3.26. The lowest BCUT2D eigenvalue weighted by atomic mass is 10.2. The minimum atomic E-state index is -0.748. The van der Waals surface area contributed by atoms with Crippen LogP contribution in [0, 0.1) is 0 Å². The van der Waals surface area contributed by atoms with Crippen molar-refractivity contribution in [2.75, 3.05) is 13.2 Å². The molecule has 0 aliphatic heterocycles. The zero-order chi connectivity index (χ0) is 18.5. The van der Waals surface area contributed by atoms with Gasteiger partial charge in [0.1, 0.15) is 6.29 Å². The van der Waals surface area contributed by atoms with Crippen molar-refractivity contribution in [3.63, 3.8) is 0 Å². The molecule has 6 heteroatoms. The Labute approximate surface area is 147 Å². The molecule has 0 atom stereocenters. The number of ether oxygens (including phenoxy) is 3. The van der Waals surface area contributed by atoms with E-state index in [9.17, 15) is 14.4 Å². The van der Waals surface area contributed by atoms with Crippen molar-refractivity contribution in [3.05, 3.63) is 48.1 Å². The van der Waals surface area contributed by atoms with E-state index in [0.717, 1.165) is 18.6 Å². The molecule has 0 aliphatic rings. The van der Waals surface area contributed by atoms with Crippen LogP contribution in [0.5, 0.6) is 11.5 Å². The number of rotatable bonds is 10. The molecule has 6 nitrogen and oxygen atoms in total. The summed E-state index contributed by atoms with van der Waals surface area (Å²) >= 11 is 0. The van der Waals surface area contributed by atoms with E-state index in [1.807, 2.05) is 19.1 Å². The van der Waals surface area contributed by atoms with E-state index in [-0.39, 0.29) is 18.1 Å². The molecule has 1 aromatic carbocycles. The molecule has 0 saturated carbocycles. The molecule has 0 spiro atoms. The van der Waals surface area contributed by atoms with E-state index in [0.29, 0.717) is 24.9 Å². The van der Waals surface area contributed by atoms with Gasteiger partial charge in [-0.3, -0.25) is 4.79 Å². The second-order valence-corrected chi connectivity index (χ2v) is 4.85. The van der Waals surface area contributed by atoms with Crippen LogP contribution in [-0.4, -0.2) is 31.4 Å². The lowest BCUT2D eigenvalue weighted by Crippen LogP contribution is -2.08. The van der Waals surface area contributed by atoms with E-state index >= 15 is 0 Å². The normalized spacial score (nSPS) is 10.8. The van der Waals surface area contributed by atoms with Gasteiger partial charge in [-0.1, -0.05) is 19.1 Å². The Morgan fingerprint density at radius 2 is 1.80 bits per heavy atom. The first-order chi connectivity index (χ1) is 12.1. The van der Waals surface area contributed by atoms with E-state index in [2.05, 4.69) is 0 Å². The third-order valence-corrected chi connectivity index (χ3v) is 2.90. The monoisotopic (exact) mass is 346 g/mol. The summed E-state index contributed by atoms with van der Waals surface area (Å²) in [6, 6.07) is 4.43. The van der Waals surface area contributed by atoms with Gasteiger partial charge in [-0.15, -0.1) is 0 Å². The van der Waals surface area contributed by atoms with Gasteiger partial charge in [0.15, 0.2) is 11.5 Å². The number of esters is 2.